The van der Waals surface area contributed by atoms with Crippen LogP contribution in [0.15, 0.2) is 72.9 Å². The van der Waals surface area contributed by atoms with Gasteiger partial charge in [0.25, 0.3) is 0 Å². The van der Waals surface area contributed by atoms with Crippen molar-refractivity contribution in [3.05, 3.63) is 94.9 Å². The molecule has 9 nitrogen and oxygen atoms in total. The number of benzene rings is 3. The average molecular weight is 656 g/mol. The van der Waals surface area contributed by atoms with Crippen LogP contribution in [0, 0.1) is 17.1 Å². The molecule has 3 aromatic carbocycles. The Morgan fingerprint density at radius 1 is 1.15 bits per heavy atom. The summed E-state index contributed by atoms with van der Waals surface area (Å²) in [6.45, 7) is 4.01. The standard InChI is InChI=1S/C36H35ClFN5O4/c37-30-17-27(9-10-33(30)46-22-24-6-4-7-26(38)16-24)41-36-25(20-39)21-40-31-19-34(47-28-11-15-45-23-28)32(18-29(31)36)42-35(44)8-5-14-43-12-2-1-3-13-43/h4-10,16-19,21,28H,1-3,11-15,22-23H2,(H,40,41)(H,42,44)/b8-5+. The zero-order chi connectivity index (χ0) is 32.6. The van der Waals surface area contributed by atoms with Gasteiger partial charge in [0.15, 0.2) is 0 Å². The van der Waals surface area contributed by atoms with Gasteiger partial charge in [0.1, 0.15) is 36.1 Å². The molecule has 0 aliphatic carbocycles. The van der Waals surface area contributed by atoms with E-state index in [9.17, 15) is 14.4 Å². The molecule has 3 heterocycles. The lowest BCUT2D eigenvalue weighted by Crippen LogP contribution is -2.29. The van der Waals surface area contributed by atoms with Crippen molar-refractivity contribution in [2.24, 2.45) is 0 Å². The molecule has 242 valence electrons. The summed E-state index contributed by atoms with van der Waals surface area (Å²) < 4.78 is 31.2. The van der Waals surface area contributed by atoms with Gasteiger partial charge in [-0.1, -0.05) is 36.2 Å². The second kappa shape index (κ2) is 15.3. The van der Waals surface area contributed by atoms with E-state index in [1.807, 2.05) is 6.08 Å². The Bertz CT molecular complexity index is 1820. The molecule has 2 N–H and O–H groups in total. The van der Waals surface area contributed by atoms with Gasteiger partial charge in [-0.2, -0.15) is 5.26 Å². The second-order valence-electron chi connectivity index (χ2n) is 11.6. The highest BCUT2D eigenvalue weighted by molar-refractivity contribution is 6.32. The molecule has 4 aromatic rings. The molecule has 0 radical (unpaired) electrons. The molecule has 47 heavy (non-hydrogen) atoms. The van der Waals surface area contributed by atoms with Gasteiger partial charge >= 0.3 is 0 Å². The minimum absolute atomic E-state index is 0.150. The molecule has 1 aromatic heterocycles. The summed E-state index contributed by atoms with van der Waals surface area (Å²) in [5.41, 5.74) is 3.10. The lowest BCUT2D eigenvalue weighted by atomic mass is 10.1. The number of carbonyl (C=O) groups is 1. The SMILES string of the molecule is N#Cc1cnc2cc(OC3CCOC3)c(NC(=O)/C=C/CN3CCCCC3)cc2c1Nc1ccc(OCc2cccc(F)c2)c(Cl)c1. The number of piperidine rings is 1. The molecule has 2 saturated heterocycles. The summed E-state index contributed by atoms with van der Waals surface area (Å²) >= 11 is 6.56. The highest BCUT2D eigenvalue weighted by Crippen LogP contribution is 2.38. The van der Waals surface area contributed by atoms with Gasteiger partial charge < -0.3 is 24.8 Å². The van der Waals surface area contributed by atoms with Crippen molar-refractivity contribution < 1.29 is 23.4 Å². The number of fused-ring (bicyclic) bond motifs is 1. The fraction of sp³-hybridized carbons (Fsp3) is 0.306. The van der Waals surface area contributed by atoms with E-state index >= 15 is 0 Å². The van der Waals surface area contributed by atoms with Crippen molar-refractivity contribution in [2.45, 2.75) is 38.4 Å². The molecule has 0 bridgehead atoms. The summed E-state index contributed by atoms with van der Waals surface area (Å²) in [6, 6.07) is 17.1. The smallest absolute Gasteiger partial charge is 0.248 e. The van der Waals surface area contributed by atoms with Crippen LogP contribution in [0.2, 0.25) is 5.02 Å². The fourth-order valence-corrected chi connectivity index (χ4v) is 5.91. The van der Waals surface area contributed by atoms with E-state index in [2.05, 4.69) is 26.6 Å². The lowest BCUT2D eigenvalue weighted by Gasteiger charge is -2.24. The quantitative estimate of drug-likeness (QED) is 0.161. The normalized spacial score (nSPS) is 16.7. The maximum Gasteiger partial charge on any atom is 0.248 e. The van der Waals surface area contributed by atoms with Crippen LogP contribution in [0.1, 0.15) is 36.8 Å². The zero-order valence-electron chi connectivity index (χ0n) is 25.8. The van der Waals surface area contributed by atoms with Crippen molar-refractivity contribution in [2.75, 3.05) is 43.5 Å². The van der Waals surface area contributed by atoms with Crippen LogP contribution in [-0.2, 0) is 16.1 Å². The number of nitriles is 1. The summed E-state index contributed by atoms with van der Waals surface area (Å²) in [6.07, 6.45) is 9.11. The number of hydrogen-bond donors (Lipinski definition) is 2. The van der Waals surface area contributed by atoms with Gasteiger partial charge in [-0.25, -0.2) is 4.39 Å². The van der Waals surface area contributed by atoms with E-state index in [0.717, 1.165) is 19.5 Å². The average Bonchev–Trinajstić information content (AvgIpc) is 3.59. The van der Waals surface area contributed by atoms with Gasteiger partial charge in [-0.3, -0.25) is 14.7 Å². The number of nitrogens with zero attached hydrogens (tertiary/aromatic N) is 3. The van der Waals surface area contributed by atoms with Crippen molar-refractivity contribution in [3.63, 3.8) is 0 Å². The number of carbonyl (C=O) groups excluding carboxylic acids is 1. The summed E-state index contributed by atoms with van der Waals surface area (Å²) in [5.74, 6) is 0.274. The molecule has 2 aliphatic rings. The van der Waals surface area contributed by atoms with Crippen LogP contribution in [0.3, 0.4) is 0 Å². The summed E-state index contributed by atoms with van der Waals surface area (Å²) in [5, 5.41) is 17.2. The number of hydrogen-bond acceptors (Lipinski definition) is 8. The Labute approximate surface area is 277 Å². The monoisotopic (exact) mass is 655 g/mol. The number of halogens is 2. The van der Waals surface area contributed by atoms with Gasteiger partial charge in [-0.15, -0.1) is 0 Å². The number of amides is 1. The topological polar surface area (TPSA) is 109 Å². The van der Waals surface area contributed by atoms with Crippen molar-refractivity contribution in [3.8, 4) is 17.6 Å². The second-order valence-corrected chi connectivity index (χ2v) is 12.0. The first-order valence-corrected chi connectivity index (χ1v) is 16.1. The largest absolute Gasteiger partial charge is 0.487 e. The fourth-order valence-electron chi connectivity index (χ4n) is 5.67. The van der Waals surface area contributed by atoms with Crippen LogP contribution in [0.5, 0.6) is 11.5 Å². The van der Waals surface area contributed by atoms with E-state index in [1.165, 1.54) is 37.6 Å². The summed E-state index contributed by atoms with van der Waals surface area (Å²) in [4.78, 5) is 19.9. The van der Waals surface area contributed by atoms with Crippen molar-refractivity contribution in [1.29, 1.82) is 5.26 Å². The summed E-state index contributed by atoms with van der Waals surface area (Å²) in [7, 11) is 0. The van der Waals surface area contributed by atoms with Gasteiger partial charge in [-0.05, 0) is 67.9 Å². The molecule has 2 fully saturated rings. The molecule has 1 atom stereocenters. The number of ether oxygens (including phenoxy) is 3. The predicted octanol–water partition coefficient (Wildman–Crippen LogP) is 7.37. The third kappa shape index (κ3) is 8.37. The van der Waals surface area contributed by atoms with Gasteiger partial charge in [0, 0.05) is 42.4 Å². The number of likely N-dealkylation sites (tertiary alicyclic amines) is 1. The minimum Gasteiger partial charge on any atom is -0.487 e. The number of aromatic nitrogens is 1. The van der Waals surface area contributed by atoms with E-state index < -0.39 is 0 Å². The van der Waals surface area contributed by atoms with Crippen molar-refractivity contribution >= 4 is 45.5 Å². The molecule has 0 spiro atoms. The molecular formula is C36H35ClFN5O4. The third-order valence-electron chi connectivity index (χ3n) is 8.10. The van der Waals surface area contributed by atoms with Crippen LogP contribution in [0.25, 0.3) is 10.9 Å². The van der Waals surface area contributed by atoms with Crippen LogP contribution in [-0.4, -0.2) is 54.7 Å². The molecule has 1 unspecified atom stereocenters. The molecular weight excluding hydrogens is 621 g/mol. The highest BCUT2D eigenvalue weighted by atomic mass is 35.5. The number of rotatable bonds is 11. The zero-order valence-corrected chi connectivity index (χ0v) is 26.6. The molecule has 11 heteroatoms. The Kier molecular flexibility index (Phi) is 10.5. The van der Waals surface area contributed by atoms with Crippen LogP contribution < -0.4 is 20.1 Å². The van der Waals surface area contributed by atoms with E-state index in [0.29, 0.717) is 75.4 Å². The molecule has 6 rings (SSSR count). The van der Waals surface area contributed by atoms with Crippen molar-refractivity contribution in [1.82, 2.24) is 9.88 Å². The number of pyridine rings is 1. The highest BCUT2D eigenvalue weighted by Gasteiger charge is 2.21. The Hall–Kier alpha value is -4.69. The van der Waals surface area contributed by atoms with E-state index in [4.69, 9.17) is 25.8 Å². The van der Waals surface area contributed by atoms with E-state index in [-0.39, 0.29) is 24.4 Å². The predicted molar refractivity (Wildman–Crippen MR) is 180 cm³/mol. The Balaban J connectivity index is 1.26. The number of anilines is 3. The van der Waals surface area contributed by atoms with Gasteiger partial charge in [0.2, 0.25) is 5.91 Å². The molecule has 1 amide bonds. The van der Waals surface area contributed by atoms with E-state index in [1.54, 1.807) is 48.5 Å². The molecule has 0 saturated carbocycles. The van der Waals surface area contributed by atoms with Crippen LogP contribution in [0.4, 0.5) is 21.5 Å². The number of nitrogens with one attached hydrogen (secondary N) is 2. The lowest BCUT2D eigenvalue weighted by molar-refractivity contribution is -0.111. The minimum atomic E-state index is -0.340. The molecule has 2 aliphatic heterocycles. The van der Waals surface area contributed by atoms with Crippen LogP contribution >= 0.6 is 11.6 Å². The maximum atomic E-state index is 13.6. The van der Waals surface area contributed by atoms with Gasteiger partial charge in [0.05, 0.1) is 40.7 Å². The first-order chi connectivity index (χ1) is 22.9. The Morgan fingerprint density at radius 2 is 2.02 bits per heavy atom. The first-order valence-electron chi connectivity index (χ1n) is 15.7. The maximum absolute atomic E-state index is 13.6. The third-order valence-corrected chi connectivity index (χ3v) is 8.39. The Morgan fingerprint density at radius 3 is 2.79 bits per heavy atom. The first kappa shape index (κ1) is 32.3.